The summed E-state index contributed by atoms with van der Waals surface area (Å²) in [5.41, 5.74) is 2.30. The molecule has 5 aliphatic heterocycles. The number of fused-ring (bicyclic) bond motifs is 3. The predicted molar refractivity (Wildman–Crippen MR) is 360 cm³/mol. The predicted octanol–water partition coefficient (Wildman–Crippen LogP) is 3.74. The van der Waals surface area contributed by atoms with Crippen molar-refractivity contribution in [1.29, 1.82) is 0 Å². The third-order valence-electron chi connectivity index (χ3n) is 19.0. The minimum Gasteiger partial charge on any atom is -0.870 e. The van der Waals surface area contributed by atoms with Crippen LogP contribution >= 0.6 is 0 Å². The molecule has 2 fully saturated rings. The third kappa shape index (κ3) is 21.4. The van der Waals surface area contributed by atoms with Gasteiger partial charge in [0.15, 0.2) is 0 Å². The zero-order valence-electron chi connectivity index (χ0n) is 59.6. The first-order chi connectivity index (χ1) is 46.3. The Labute approximate surface area is 591 Å². The summed E-state index contributed by atoms with van der Waals surface area (Å²) in [6, 6.07) is 9.23. The Kier molecular flexibility index (Phi) is 30.0. The maximum absolute atomic E-state index is 14.1. The monoisotopic (exact) mass is 1370 g/mol. The number of aromatic nitrogens is 6. The van der Waals surface area contributed by atoms with Gasteiger partial charge in [0.05, 0.1) is 18.0 Å². The van der Waals surface area contributed by atoms with Gasteiger partial charge in [-0.1, -0.05) is 38.1 Å². The number of nitrogens with one attached hydrogen (secondary N) is 2. The molecular weight excluding hydrogens is 1270 g/mol. The summed E-state index contributed by atoms with van der Waals surface area (Å²) >= 11 is 0. The fraction of sp³-hybridized carbons (Fsp3) is 0.592. The van der Waals surface area contributed by atoms with Crippen molar-refractivity contribution in [3.63, 3.8) is 0 Å². The molecule has 0 radical (unpaired) electrons. The number of likely N-dealkylation sites (tertiary alicyclic amines) is 2. The molecule has 7 amide bonds. The maximum atomic E-state index is 14.1. The zero-order chi connectivity index (χ0) is 70.3. The molecule has 5 aromatic rings. The Bertz CT molecular complexity index is 3460. The van der Waals surface area contributed by atoms with Crippen molar-refractivity contribution in [2.45, 2.75) is 207 Å². The minimum atomic E-state index is -1.03. The molecule has 3 N–H and O–H groups in total. The number of amides is 7. The van der Waals surface area contributed by atoms with Crippen LogP contribution in [-0.2, 0) is 89.9 Å². The van der Waals surface area contributed by atoms with Crippen LogP contribution in [0.15, 0.2) is 67.1 Å². The average Bonchev–Trinajstić information content (AvgIpc) is 1.77. The van der Waals surface area contributed by atoms with Gasteiger partial charge in [-0.3, -0.25) is 38.7 Å². The normalized spacial score (nSPS) is 17.6. The van der Waals surface area contributed by atoms with Gasteiger partial charge in [-0.15, -0.1) is 6.20 Å². The standard InChI is InChI=1S/C34H49FN6O6.C30H42FN5O4.C7H7N2O.Li.H2O/c1-22(38(6)33(45)47-34(3,4)5)30(42)37-29(23(2)46-7)32(44)41-18-8-10-26(41)20-40(19-16-24-12-14-25(35)15-13-24)31(43)27-21-39-17-9-11-28(39)36-27;1-5-20(2)28(37)33-27(21(3)40-4)30(39)36-16-6-8-24(36)18-35(17-14-22-10-12-23(31)13-11-22)29(38)25-19-34-15-7-9-26(34)32-25;10-5-6-4-9-3-1-2-7(9)8-6;;/h12-15,21-23,26,29H,8-11,16-20H2,1-7H3,(H,37,42);10-13,19-21,24,27H,5-9,14-18H2,1-4H3,(H,33,37);4H,1-3H2;;1H2/q;;-1;+1;/p-1/t22-,23+,26-,29-;20-,21-,24+,27+;;;/m01.../s1. The Hall–Kier alpha value is -7.83. The topological polar surface area (TPSA) is 288 Å². The van der Waals surface area contributed by atoms with Crippen molar-refractivity contribution in [2.75, 3.05) is 60.5 Å². The number of ether oxygens (including phenoxy) is 3. The first-order valence-corrected chi connectivity index (χ1v) is 34.2. The summed E-state index contributed by atoms with van der Waals surface area (Å²) in [5, 5.41) is 5.72. The quantitative estimate of drug-likeness (QED) is 0.0622. The first kappa shape index (κ1) is 80.1. The largest absolute Gasteiger partial charge is 1.00 e. The second-order valence-electron chi connectivity index (χ2n) is 27.0. The van der Waals surface area contributed by atoms with Gasteiger partial charge in [0, 0.05) is 136 Å². The molecule has 0 bridgehead atoms. The van der Waals surface area contributed by atoms with Gasteiger partial charge in [0.25, 0.3) is 11.8 Å². The van der Waals surface area contributed by atoms with Gasteiger partial charge in [-0.2, -0.15) is 0 Å². The van der Waals surface area contributed by atoms with Gasteiger partial charge in [-0.25, -0.2) is 23.5 Å². The molecule has 8 heterocycles. The van der Waals surface area contributed by atoms with E-state index in [4.69, 9.17) is 14.2 Å². The van der Waals surface area contributed by atoms with Crippen LogP contribution in [0.5, 0.6) is 0 Å². The van der Waals surface area contributed by atoms with Crippen molar-refractivity contribution in [2.24, 2.45) is 5.92 Å². The molecule has 3 aromatic heterocycles. The van der Waals surface area contributed by atoms with Crippen LogP contribution in [0.1, 0.15) is 162 Å². The summed E-state index contributed by atoms with van der Waals surface area (Å²) in [7, 11) is 4.46. The molecule has 25 nitrogen and oxygen atoms in total. The molecular formula is C71H99F2LiN13O12-. The molecule has 10 rings (SSSR count). The molecule has 0 aliphatic carbocycles. The molecule has 2 saturated heterocycles. The SMILES string of the molecule is CC[C@@H](C)C(=O)N[C@H](C(=O)N1CCC[C@H]1CN(CCc1ccc(F)cc1)C(=O)c1cn2c(n1)CCC2)[C@@H](C)OC.CO[C@H](C)[C@H](NC(=O)[C@H](C)N(C)C(=O)OC(C)(C)C)C(=O)N1CCC[C@H]1CN(CCc1ccc(F)cc1)C(=O)c1cn2c(n1)CCC2.O=[C-]c1cn2c(n1)CCC2.[Li+].[OH-]. The van der Waals surface area contributed by atoms with Gasteiger partial charge >= 0.3 is 25.0 Å². The van der Waals surface area contributed by atoms with Crippen molar-refractivity contribution >= 4 is 47.8 Å². The third-order valence-corrected chi connectivity index (χ3v) is 19.0. The molecule has 99 heavy (non-hydrogen) atoms. The Morgan fingerprint density at radius 3 is 1.39 bits per heavy atom. The van der Waals surface area contributed by atoms with Crippen LogP contribution in [0.2, 0.25) is 0 Å². The van der Waals surface area contributed by atoms with Crippen LogP contribution in [0.25, 0.3) is 0 Å². The zero-order valence-corrected chi connectivity index (χ0v) is 59.6. The molecule has 8 atom stereocenters. The van der Waals surface area contributed by atoms with Crippen molar-refractivity contribution in [3.8, 4) is 0 Å². The van der Waals surface area contributed by atoms with E-state index in [9.17, 15) is 47.1 Å². The number of carbonyl (C=O) groups is 7. The molecule has 0 saturated carbocycles. The fourth-order valence-corrected chi connectivity index (χ4v) is 12.7. The van der Waals surface area contributed by atoms with E-state index in [0.717, 1.165) is 106 Å². The summed E-state index contributed by atoms with van der Waals surface area (Å²) in [4.78, 5) is 126. The number of carbonyl (C=O) groups excluding carboxylic acids is 8. The molecule has 5 aliphatic rings. The van der Waals surface area contributed by atoms with E-state index in [-0.39, 0.29) is 90.1 Å². The smallest absolute Gasteiger partial charge is 0.870 e. The van der Waals surface area contributed by atoms with E-state index >= 15 is 0 Å². The second kappa shape index (κ2) is 37.0. The first-order valence-electron chi connectivity index (χ1n) is 34.2. The number of imidazole rings is 3. The summed E-state index contributed by atoms with van der Waals surface area (Å²) in [6.07, 6.45) is 15.9. The summed E-state index contributed by atoms with van der Waals surface area (Å²) in [6.45, 7) is 19.1. The van der Waals surface area contributed by atoms with Crippen molar-refractivity contribution in [1.82, 2.24) is 63.8 Å². The van der Waals surface area contributed by atoms with Gasteiger partial charge in [0.2, 0.25) is 23.6 Å². The van der Waals surface area contributed by atoms with Crippen LogP contribution in [0, 0.1) is 17.6 Å². The Morgan fingerprint density at radius 1 is 0.616 bits per heavy atom. The van der Waals surface area contributed by atoms with Gasteiger partial charge in [-0.05, 0) is 147 Å². The van der Waals surface area contributed by atoms with E-state index in [2.05, 4.69) is 25.6 Å². The van der Waals surface area contributed by atoms with Gasteiger partial charge < -0.3 is 68.4 Å². The Balaban J connectivity index is 0.000000270. The maximum Gasteiger partial charge on any atom is 1.00 e. The van der Waals surface area contributed by atoms with Crippen LogP contribution in [0.4, 0.5) is 13.6 Å². The van der Waals surface area contributed by atoms with E-state index in [1.807, 2.05) is 33.7 Å². The van der Waals surface area contributed by atoms with Crippen molar-refractivity contribution < 1.29 is 85.7 Å². The molecule has 0 spiro atoms. The van der Waals surface area contributed by atoms with Gasteiger partial charge in [0.1, 0.15) is 58.4 Å². The average molecular weight is 1370 g/mol. The molecule has 536 valence electrons. The minimum absolute atomic E-state index is 0. The van der Waals surface area contributed by atoms with Crippen LogP contribution in [0.3, 0.4) is 0 Å². The van der Waals surface area contributed by atoms with E-state index in [0.29, 0.717) is 75.5 Å². The number of halogens is 2. The number of methoxy groups -OCH3 is 2. The number of aryl methyl sites for hydroxylation is 6. The van der Waals surface area contributed by atoms with Crippen LogP contribution in [-0.4, -0.2) is 215 Å². The summed E-state index contributed by atoms with van der Waals surface area (Å²) < 4.78 is 49.4. The second-order valence-corrected chi connectivity index (χ2v) is 27.0. The molecule has 28 heteroatoms. The number of nitrogens with zero attached hydrogens (tertiary/aromatic N) is 11. The summed E-state index contributed by atoms with van der Waals surface area (Å²) in [5.74, 6) is 0.382. The number of hydrogen-bond donors (Lipinski definition) is 2. The van der Waals surface area contributed by atoms with Crippen molar-refractivity contribution in [3.05, 3.63) is 124 Å². The fourth-order valence-electron chi connectivity index (χ4n) is 12.7. The number of rotatable bonds is 25. The van der Waals surface area contributed by atoms with Crippen LogP contribution < -0.4 is 29.5 Å². The molecule has 2 aromatic carbocycles. The number of likely N-dealkylation sites (N-methyl/N-ethyl adjacent to an activating group) is 1. The van der Waals surface area contributed by atoms with E-state index < -0.39 is 47.9 Å². The molecule has 0 unspecified atom stereocenters. The van der Waals surface area contributed by atoms with E-state index in [1.165, 1.54) is 50.4 Å². The number of hydrogen-bond acceptors (Lipinski definition) is 15. The number of benzene rings is 2. The Morgan fingerprint density at radius 2 is 1.02 bits per heavy atom. The van der Waals surface area contributed by atoms with E-state index in [1.54, 1.807) is 104 Å².